The van der Waals surface area contributed by atoms with Crippen molar-refractivity contribution in [3.63, 3.8) is 0 Å². The summed E-state index contributed by atoms with van der Waals surface area (Å²) in [7, 11) is 0. The molecule has 0 spiro atoms. The molecule has 3 aromatic heterocycles. The second kappa shape index (κ2) is 6.12. The zero-order valence-corrected chi connectivity index (χ0v) is 15.2. The monoisotopic (exact) mass is 427 g/mol. The van der Waals surface area contributed by atoms with Gasteiger partial charge in [0.25, 0.3) is 0 Å². The van der Waals surface area contributed by atoms with Crippen molar-refractivity contribution in [1.82, 2.24) is 24.4 Å². The Morgan fingerprint density at radius 1 is 1.14 bits per heavy atom. The molecule has 2 atom stereocenters. The van der Waals surface area contributed by atoms with E-state index in [-0.39, 0.29) is 22.0 Å². The molecule has 0 bridgehead atoms. The lowest BCUT2D eigenvalue weighted by Crippen LogP contribution is -2.19. The average Bonchev–Trinajstić information content (AvgIpc) is 3.06. The summed E-state index contributed by atoms with van der Waals surface area (Å²) in [6, 6.07) is 2.66. The van der Waals surface area contributed by atoms with E-state index < -0.39 is 35.8 Å². The fraction of sp³-hybridized carbons (Fsp3) is 0.278. The zero-order chi connectivity index (χ0) is 20.5. The number of halogens is 6. The van der Waals surface area contributed by atoms with Crippen molar-refractivity contribution in [2.75, 3.05) is 0 Å². The first-order chi connectivity index (χ1) is 13.7. The number of imidazole rings is 1. The van der Waals surface area contributed by atoms with Crippen LogP contribution in [-0.4, -0.2) is 30.6 Å². The molecule has 3 heterocycles. The largest absolute Gasteiger partial charge is 0.408 e. The Morgan fingerprint density at radius 2 is 1.90 bits per heavy atom. The number of hydrogen-bond donors (Lipinski definition) is 0. The summed E-state index contributed by atoms with van der Waals surface area (Å²) < 4.78 is 70.0. The van der Waals surface area contributed by atoms with Gasteiger partial charge in [-0.3, -0.25) is 4.68 Å². The minimum absolute atomic E-state index is 0.0153. The fourth-order valence-corrected chi connectivity index (χ4v) is 4.03. The molecule has 1 aliphatic carbocycles. The van der Waals surface area contributed by atoms with Crippen molar-refractivity contribution in [3.05, 3.63) is 58.6 Å². The summed E-state index contributed by atoms with van der Waals surface area (Å²) in [4.78, 5) is 4.22. The van der Waals surface area contributed by atoms with E-state index in [1.807, 2.05) is 0 Å². The number of fused-ring (bicyclic) bond motifs is 2. The molecule has 11 heteroatoms. The summed E-state index contributed by atoms with van der Waals surface area (Å²) in [5, 5.41) is 7.55. The molecule has 1 aromatic carbocycles. The third kappa shape index (κ3) is 3.02. The molecule has 5 nitrogen and oxygen atoms in total. The van der Waals surface area contributed by atoms with Crippen LogP contribution in [0.2, 0.25) is 5.15 Å². The number of aromatic nitrogens is 5. The molecule has 1 aliphatic rings. The van der Waals surface area contributed by atoms with Crippen LogP contribution in [0.3, 0.4) is 0 Å². The molecule has 150 valence electrons. The number of benzene rings is 1. The van der Waals surface area contributed by atoms with Crippen LogP contribution in [0.4, 0.5) is 22.0 Å². The first-order valence-corrected chi connectivity index (χ1v) is 9.00. The van der Waals surface area contributed by atoms with E-state index in [0.717, 1.165) is 17.8 Å². The van der Waals surface area contributed by atoms with Crippen LogP contribution in [0.5, 0.6) is 0 Å². The van der Waals surface area contributed by atoms with Gasteiger partial charge >= 0.3 is 6.18 Å². The van der Waals surface area contributed by atoms with Crippen molar-refractivity contribution in [3.8, 4) is 0 Å². The second-order valence-electron chi connectivity index (χ2n) is 7.01. The van der Waals surface area contributed by atoms with Gasteiger partial charge in [0.05, 0.1) is 11.6 Å². The highest BCUT2D eigenvalue weighted by Crippen LogP contribution is 2.56. The second-order valence-corrected chi connectivity index (χ2v) is 7.40. The Kier molecular flexibility index (Phi) is 3.86. The fourth-order valence-electron chi connectivity index (χ4n) is 3.83. The van der Waals surface area contributed by atoms with E-state index in [1.54, 1.807) is 18.5 Å². The SMILES string of the molecule is Fc1cc([C@H]2C[C@@H]2c2cc(Cl)nn3ccnc23)c(F)c2c1cnn2CC(F)(F)F. The van der Waals surface area contributed by atoms with E-state index in [9.17, 15) is 17.6 Å². The van der Waals surface area contributed by atoms with Crippen LogP contribution in [-0.2, 0) is 6.54 Å². The Hall–Kier alpha value is -2.75. The van der Waals surface area contributed by atoms with Crippen LogP contribution < -0.4 is 0 Å². The minimum Gasteiger partial charge on any atom is -0.253 e. The van der Waals surface area contributed by atoms with Crippen LogP contribution in [0.15, 0.2) is 30.7 Å². The molecule has 0 unspecified atom stereocenters. The summed E-state index contributed by atoms with van der Waals surface area (Å²) in [6.07, 6.45) is -0.0613. The maximum atomic E-state index is 15.2. The lowest BCUT2D eigenvalue weighted by atomic mass is 10.0. The van der Waals surface area contributed by atoms with Gasteiger partial charge in [0.15, 0.2) is 11.5 Å². The summed E-state index contributed by atoms with van der Waals surface area (Å²) >= 11 is 6.04. The molecule has 0 aliphatic heterocycles. The molecule has 29 heavy (non-hydrogen) atoms. The van der Waals surface area contributed by atoms with Gasteiger partial charge in [0.2, 0.25) is 0 Å². The third-order valence-electron chi connectivity index (χ3n) is 5.12. The zero-order valence-electron chi connectivity index (χ0n) is 14.5. The quantitative estimate of drug-likeness (QED) is 0.439. The molecule has 1 fully saturated rings. The van der Waals surface area contributed by atoms with Crippen LogP contribution in [0.1, 0.15) is 29.4 Å². The molecule has 0 amide bonds. The molecule has 4 aromatic rings. The van der Waals surface area contributed by atoms with Crippen molar-refractivity contribution in [2.45, 2.75) is 31.0 Å². The number of alkyl halides is 3. The maximum absolute atomic E-state index is 15.2. The third-order valence-corrected chi connectivity index (χ3v) is 5.30. The van der Waals surface area contributed by atoms with Crippen LogP contribution >= 0.6 is 11.6 Å². The van der Waals surface area contributed by atoms with Crippen LogP contribution in [0, 0.1) is 11.6 Å². The Bertz CT molecular complexity index is 1260. The lowest BCUT2D eigenvalue weighted by molar-refractivity contribution is -0.141. The Balaban J connectivity index is 1.59. The highest BCUT2D eigenvalue weighted by atomic mass is 35.5. The van der Waals surface area contributed by atoms with Gasteiger partial charge in [-0.1, -0.05) is 11.6 Å². The Morgan fingerprint density at radius 3 is 2.66 bits per heavy atom. The lowest BCUT2D eigenvalue weighted by Gasteiger charge is -2.11. The van der Waals surface area contributed by atoms with Gasteiger partial charge in [-0.05, 0) is 36.0 Å². The summed E-state index contributed by atoms with van der Waals surface area (Å²) in [5.74, 6) is -2.32. The number of nitrogens with zero attached hydrogens (tertiary/aromatic N) is 5. The molecule has 5 rings (SSSR count). The van der Waals surface area contributed by atoms with Crippen LogP contribution in [0.25, 0.3) is 16.6 Å². The minimum atomic E-state index is -4.61. The first kappa shape index (κ1) is 18.3. The highest BCUT2D eigenvalue weighted by Gasteiger charge is 2.44. The van der Waals surface area contributed by atoms with E-state index in [2.05, 4.69) is 15.2 Å². The molecule has 1 saturated carbocycles. The van der Waals surface area contributed by atoms with E-state index in [4.69, 9.17) is 11.6 Å². The number of rotatable bonds is 3. The first-order valence-electron chi connectivity index (χ1n) is 8.63. The summed E-state index contributed by atoms with van der Waals surface area (Å²) in [5.41, 5.74) is 0.804. The maximum Gasteiger partial charge on any atom is 0.408 e. The van der Waals surface area contributed by atoms with Crippen molar-refractivity contribution in [2.24, 2.45) is 0 Å². The molecule has 0 radical (unpaired) electrons. The molecular weight excluding hydrogens is 417 g/mol. The predicted octanol–water partition coefficient (Wildman–Crippen LogP) is 4.84. The highest BCUT2D eigenvalue weighted by molar-refractivity contribution is 6.29. The van der Waals surface area contributed by atoms with Crippen molar-refractivity contribution >= 4 is 28.2 Å². The molecular formula is C18H11ClF5N5. The van der Waals surface area contributed by atoms with Crippen molar-refractivity contribution < 1.29 is 22.0 Å². The summed E-state index contributed by atoms with van der Waals surface area (Å²) in [6.45, 7) is -1.50. The van der Waals surface area contributed by atoms with E-state index in [0.29, 0.717) is 16.7 Å². The van der Waals surface area contributed by atoms with Gasteiger partial charge in [-0.25, -0.2) is 18.3 Å². The van der Waals surface area contributed by atoms with Gasteiger partial charge in [0, 0.05) is 18.0 Å². The van der Waals surface area contributed by atoms with Crippen molar-refractivity contribution in [1.29, 1.82) is 0 Å². The van der Waals surface area contributed by atoms with Gasteiger partial charge < -0.3 is 0 Å². The topological polar surface area (TPSA) is 48.0 Å². The van der Waals surface area contributed by atoms with Gasteiger partial charge in [-0.2, -0.15) is 23.4 Å². The van der Waals surface area contributed by atoms with Gasteiger partial charge in [0.1, 0.15) is 23.0 Å². The molecule has 0 saturated heterocycles. The van der Waals surface area contributed by atoms with Gasteiger partial charge in [-0.15, -0.1) is 0 Å². The standard InChI is InChI=1S/C18H11ClF5N5/c19-14-5-11(17-25-1-2-28(17)27-14)9-3-8(9)10-4-13(20)12-6-26-29(7-18(22,23)24)16(12)15(10)21/h1-2,4-6,8-9H,3,7H2/t8-,9-/m0/s1. The molecule has 0 N–H and O–H groups in total. The smallest absolute Gasteiger partial charge is 0.253 e. The Labute approximate surface area is 164 Å². The average molecular weight is 428 g/mol. The predicted molar refractivity (Wildman–Crippen MR) is 93.8 cm³/mol. The van der Waals surface area contributed by atoms with E-state index >= 15 is 4.39 Å². The van der Waals surface area contributed by atoms with E-state index in [1.165, 1.54) is 4.52 Å². The number of hydrogen-bond acceptors (Lipinski definition) is 3. The normalized spacial score (nSPS) is 19.4.